The van der Waals surface area contributed by atoms with Crippen LogP contribution >= 0.6 is 11.6 Å². The van der Waals surface area contributed by atoms with E-state index in [-0.39, 0.29) is 12.0 Å². The minimum Gasteiger partial charge on any atom is -0.494 e. The highest BCUT2D eigenvalue weighted by Gasteiger charge is 2.09. The third kappa shape index (κ3) is 10.9. The van der Waals surface area contributed by atoms with E-state index in [1.807, 2.05) is 71.9 Å². The number of carbonyl (C=O) groups excluding carboxylic acids is 1. The normalized spacial score (nSPS) is 11.4. The molecule has 1 aromatic carbocycles. The third-order valence-corrected chi connectivity index (χ3v) is 3.85. The molecule has 0 spiro atoms. The monoisotopic (exact) mass is 433 g/mol. The van der Waals surface area contributed by atoms with Crippen molar-refractivity contribution in [3.8, 4) is 5.75 Å². The molecule has 0 saturated heterocycles. The Kier molecular flexibility index (Phi) is 15.0. The summed E-state index contributed by atoms with van der Waals surface area (Å²) < 4.78 is 11.0. The molecule has 30 heavy (non-hydrogen) atoms. The molecule has 0 saturated carbocycles. The molecule has 0 fully saturated rings. The molecule has 0 aliphatic heterocycles. The number of amides is 1. The van der Waals surface area contributed by atoms with Crippen LogP contribution in [0.5, 0.6) is 5.75 Å². The Morgan fingerprint density at radius 2 is 2.00 bits per heavy atom. The topological polar surface area (TPSA) is 47.6 Å². The van der Waals surface area contributed by atoms with E-state index in [2.05, 4.69) is 11.9 Å². The molecule has 0 heterocycles. The molecule has 4 nitrogen and oxygen atoms in total. The number of ether oxygens (including phenoxy) is 2. The summed E-state index contributed by atoms with van der Waals surface area (Å²) in [6.07, 6.45) is 10.5. The average molecular weight is 434 g/mol. The van der Waals surface area contributed by atoms with E-state index < -0.39 is 0 Å². The van der Waals surface area contributed by atoms with Gasteiger partial charge in [-0.3, -0.25) is 4.79 Å². The van der Waals surface area contributed by atoms with Crippen molar-refractivity contribution in [1.29, 1.82) is 0 Å². The van der Waals surface area contributed by atoms with Gasteiger partial charge < -0.3 is 14.8 Å². The van der Waals surface area contributed by atoms with Crippen LogP contribution in [0.1, 0.15) is 58.3 Å². The van der Waals surface area contributed by atoms with Crippen LogP contribution in [0.2, 0.25) is 5.02 Å². The van der Waals surface area contributed by atoms with Crippen molar-refractivity contribution >= 4 is 17.5 Å². The fourth-order valence-electron chi connectivity index (χ4n) is 2.31. The van der Waals surface area contributed by atoms with Gasteiger partial charge in [-0.2, -0.15) is 0 Å². The minimum atomic E-state index is -0.165. The van der Waals surface area contributed by atoms with Gasteiger partial charge >= 0.3 is 0 Å². The highest BCUT2D eigenvalue weighted by molar-refractivity contribution is 6.32. The van der Waals surface area contributed by atoms with Gasteiger partial charge in [-0.05, 0) is 52.3 Å². The van der Waals surface area contributed by atoms with E-state index in [1.165, 1.54) is 0 Å². The summed E-state index contributed by atoms with van der Waals surface area (Å²) in [6.45, 7) is 16.7. The molecule has 0 aliphatic rings. The van der Waals surface area contributed by atoms with Crippen LogP contribution in [0, 0.1) is 0 Å². The molecule has 1 N–H and O–H groups in total. The number of nitrogens with one attached hydrogen (secondary N) is 1. The SMILES string of the molecule is C=C(OCC)C(/C=C\C)=C/C=C/CCNC(=O)c1ccc(OC(C)C)c(Cl)c1.CC. The lowest BCUT2D eigenvalue weighted by Gasteiger charge is -2.12. The Bertz CT molecular complexity index is 749. The average Bonchev–Trinajstić information content (AvgIpc) is 2.72. The van der Waals surface area contributed by atoms with Gasteiger partial charge in [0.25, 0.3) is 5.91 Å². The maximum Gasteiger partial charge on any atom is 0.251 e. The van der Waals surface area contributed by atoms with E-state index in [0.717, 1.165) is 5.57 Å². The molecule has 5 heteroatoms. The zero-order valence-electron chi connectivity index (χ0n) is 19.1. The van der Waals surface area contributed by atoms with E-state index in [4.69, 9.17) is 21.1 Å². The first-order valence-electron chi connectivity index (χ1n) is 10.4. The van der Waals surface area contributed by atoms with Crippen LogP contribution in [0.3, 0.4) is 0 Å². The Labute approximate surface area is 187 Å². The van der Waals surface area contributed by atoms with Crippen LogP contribution in [-0.2, 0) is 4.74 Å². The summed E-state index contributed by atoms with van der Waals surface area (Å²) in [5.74, 6) is 1.05. The first kappa shape index (κ1) is 27.5. The smallest absolute Gasteiger partial charge is 0.251 e. The largest absolute Gasteiger partial charge is 0.494 e. The molecule has 1 amide bonds. The number of benzene rings is 1. The first-order valence-corrected chi connectivity index (χ1v) is 10.8. The maximum absolute atomic E-state index is 12.2. The van der Waals surface area contributed by atoms with Crippen molar-refractivity contribution in [3.05, 3.63) is 77.1 Å². The summed E-state index contributed by atoms with van der Waals surface area (Å²) in [5.41, 5.74) is 1.43. The number of allylic oxidation sites excluding steroid dienone is 4. The number of carbonyl (C=O) groups is 1. The fourth-order valence-corrected chi connectivity index (χ4v) is 2.53. The number of rotatable bonds is 11. The van der Waals surface area contributed by atoms with Crippen LogP contribution in [0.25, 0.3) is 0 Å². The Morgan fingerprint density at radius 1 is 1.30 bits per heavy atom. The van der Waals surface area contributed by atoms with Crippen molar-refractivity contribution in [2.75, 3.05) is 13.2 Å². The summed E-state index contributed by atoms with van der Waals surface area (Å²) >= 11 is 6.18. The van der Waals surface area contributed by atoms with Crippen molar-refractivity contribution in [2.45, 2.75) is 54.1 Å². The standard InChI is InChI=1S/C23H30ClNO3.C2H6/c1-6-11-19(18(5)27-7-2)12-9-8-10-15-25-23(26)20-13-14-22(21(24)16-20)28-17(3)4;1-2/h6,8-9,11-14,16-17H,5,7,10,15H2,1-4H3,(H,25,26);1-2H3/b9-8+,11-6-,19-12+;. The lowest BCUT2D eigenvalue weighted by molar-refractivity contribution is 0.0954. The Balaban J connectivity index is 0.00000407. The van der Waals surface area contributed by atoms with Gasteiger partial charge in [0, 0.05) is 17.7 Å². The summed E-state index contributed by atoms with van der Waals surface area (Å²) in [6, 6.07) is 5.05. The zero-order valence-corrected chi connectivity index (χ0v) is 19.9. The molecule has 166 valence electrons. The fraction of sp³-hybridized carbons (Fsp3) is 0.400. The van der Waals surface area contributed by atoms with Gasteiger partial charge in [0.15, 0.2) is 0 Å². The Morgan fingerprint density at radius 3 is 2.57 bits per heavy atom. The minimum absolute atomic E-state index is 0.0250. The van der Waals surface area contributed by atoms with Gasteiger partial charge in [0.2, 0.25) is 0 Å². The van der Waals surface area contributed by atoms with E-state index in [1.54, 1.807) is 18.2 Å². The van der Waals surface area contributed by atoms with E-state index in [0.29, 0.717) is 41.7 Å². The molecule has 0 bridgehead atoms. The van der Waals surface area contributed by atoms with Crippen molar-refractivity contribution in [1.82, 2.24) is 5.32 Å². The molecule has 0 aromatic heterocycles. The lowest BCUT2D eigenvalue weighted by Crippen LogP contribution is -2.24. The van der Waals surface area contributed by atoms with Crippen LogP contribution < -0.4 is 10.1 Å². The van der Waals surface area contributed by atoms with E-state index in [9.17, 15) is 4.79 Å². The van der Waals surface area contributed by atoms with E-state index >= 15 is 0 Å². The van der Waals surface area contributed by atoms with Crippen molar-refractivity contribution in [3.63, 3.8) is 0 Å². The number of hydrogen-bond donors (Lipinski definition) is 1. The second kappa shape index (κ2) is 16.3. The van der Waals surface area contributed by atoms with Crippen molar-refractivity contribution in [2.24, 2.45) is 0 Å². The molecule has 0 unspecified atom stereocenters. The highest BCUT2D eigenvalue weighted by atomic mass is 35.5. The van der Waals surface area contributed by atoms with Gasteiger partial charge in [-0.15, -0.1) is 0 Å². The highest BCUT2D eigenvalue weighted by Crippen LogP contribution is 2.26. The van der Waals surface area contributed by atoms with Crippen LogP contribution in [-0.4, -0.2) is 25.2 Å². The van der Waals surface area contributed by atoms with Crippen molar-refractivity contribution < 1.29 is 14.3 Å². The zero-order chi connectivity index (χ0) is 22.9. The summed E-state index contributed by atoms with van der Waals surface area (Å²) in [7, 11) is 0. The number of hydrogen-bond acceptors (Lipinski definition) is 3. The molecule has 0 atom stereocenters. The van der Waals surface area contributed by atoms with Gasteiger partial charge in [0.1, 0.15) is 11.5 Å². The van der Waals surface area contributed by atoms with Crippen LogP contribution in [0.15, 0.2) is 66.5 Å². The second-order valence-electron chi connectivity index (χ2n) is 6.26. The maximum atomic E-state index is 12.2. The van der Waals surface area contributed by atoms with Gasteiger partial charge in [-0.1, -0.05) is 62.4 Å². The van der Waals surface area contributed by atoms with Gasteiger partial charge in [0.05, 0.1) is 17.7 Å². The molecular weight excluding hydrogens is 398 g/mol. The molecule has 0 radical (unpaired) electrons. The first-order chi connectivity index (χ1) is 14.4. The molecule has 1 aromatic rings. The summed E-state index contributed by atoms with van der Waals surface area (Å²) in [5, 5.41) is 3.30. The van der Waals surface area contributed by atoms with Crippen LogP contribution in [0.4, 0.5) is 0 Å². The predicted octanol–water partition coefficient (Wildman–Crippen LogP) is 6.88. The number of halogens is 1. The predicted molar refractivity (Wildman–Crippen MR) is 128 cm³/mol. The quantitative estimate of drug-likeness (QED) is 0.235. The molecule has 1 rings (SSSR count). The second-order valence-corrected chi connectivity index (χ2v) is 6.67. The summed E-state index contributed by atoms with van der Waals surface area (Å²) in [4.78, 5) is 12.2. The Hall–Kier alpha value is -2.46. The lowest BCUT2D eigenvalue weighted by atomic mass is 10.2. The molecule has 0 aliphatic carbocycles. The van der Waals surface area contributed by atoms with Gasteiger partial charge in [-0.25, -0.2) is 0 Å². The molecular formula is C25H36ClNO3. The third-order valence-electron chi connectivity index (χ3n) is 3.55.